The van der Waals surface area contributed by atoms with E-state index in [9.17, 15) is 9.90 Å². The van der Waals surface area contributed by atoms with Crippen molar-refractivity contribution in [3.8, 4) is 0 Å². The molecule has 1 aromatic rings. The molecule has 146 valence electrons. The number of hydrogen-bond acceptors (Lipinski definition) is 6. The maximum atomic E-state index is 12.5. The first-order chi connectivity index (χ1) is 12.3. The summed E-state index contributed by atoms with van der Waals surface area (Å²) in [6.45, 7) is 5.38. The Morgan fingerprint density at radius 1 is 1.27 bits per heavy atom. The summed E-state index contributed by atoms with van der Waals surface area (Å²) >= 11 is 0. The third-order valence-corrected chi connectivity index (χ3v) is 5.80. The molecule has 2 atom stereocenters. The molecule has 0 saturated heterocycles. The molecule has 2 unspecified atom stereocenters. The van der Waals surface area contributed by atoms with Gasteiger partial charge in [-0.1, -0.05) is 43.7 Å². The Morgan fingerprint density at radius 2 is 2.00 bits per heavy atom. The van der Waals surface area contributed by atoms with Crippen molar-refractivity contribution in [3.05, 3.63) is 11.7 Å². The summed E-state index contributed by atoms with van der Waals surface area (Å²) in [5, 5.41) is 13.1. The molecule has 6 heteroatoms. The lowest BCUT2D eigenvalue weighted by atomic mass is 9.84. The maximum absolute atomic E-state index is 12.5. The van der Waals surface area contributed by atoms with Crippen molar-refractivity contribution < 1.29 is 19.2 Å². The number of aliphatic hydroxyl groups is 1. The molecule has 1 aromatic heterocycles. The molecule has 0 aromatic carbocycles. The molecule has 0 aliphatic heterocycles. The van der Waals surface area contributed by atoms with Crippen LogP contribution in [0, 0.1) is 11.8 Å². The molecular weight excluding hydrogens is 332 g/mol. The van der Waals surface area contributed by atoms with Gasteiger partial charge in [0.25, 0.3) is 0 Å². The van der Waals surface area contributed by atoms with Crippen LogP contribution >= 0.6 is 0 Å². The Labute approximate surface area is 155 Å². The minimum Gasteiger partial charge on any atom is -0.460 e. The molecule has 26 heavy (non-hydrogen) atoms. The van der Waals surface area contributed by atoms with E-state index in [4.69, 9.17) is 9.26 Å². The normalized spacial score (nSPS) is 26.7. The van der Waals surface area contributed by atoms with E-state index in [1.165, 1.54) is 38.5 Å². The number of carbonyl (C=O) groups excluding carboxylic acids is 1. The molecule has 1 N–H and O–H groups in total. The smallest absolute Gasteiger partial charge is 0.307 e. The van der Waals surface area contributed by atoms with Crippen LogP contribution in [-0.2, 0) is 21.6 Å². The summed E-state index contributed by atoms with van der Waals surface area (Å²) in [7, 11) is 0. The van der Waals surface area contributed by atoms with Crippen LogP contribution in [0.1, 0.15) is 90.3 Å². The largest absolute Gasteiger partial charge is 0.460 e. The molecule has 1 heterocycles. The Kier molecular flexibility index (Phi) is 5.70. The minimum atomic E-state index is -0.504. The number of carbonyl (C=O) groups is 1. The zero-order chi connectivity index (χ0) is 18.8. The highest BCUT2D eigenvalue weighted by Gasteiger charge is 2.60. The van der Waals surface area contributed by atoms with Gasteiger partial charge in [0.1, 0.15) is 12.2 Å². The molecule has 0 amide bonds. The van der Waals surface area contributed by atoms with Crippen LogP contribution in [0.3, 0.4) is 0 Å². The Hall–Kier alpha value is -1.43. The summed E-state index contributed by atoms with van der Waals surface area (Å²) in [4.78, 5) is 16.8. The van der Waals surface area contributed by atoms with Gasteiger partial charge < -0.3 is 14.4 Å². The monoisotopic (exact) mass is 364 g/mol. The van der Waals surface area contributed by atoms with E-state index in [1.807, 2.05) is 20.8 Å². The second-order valence-corrected chi connectivity index (χ2v) is 9.08. The van der Waals surface area contributed by atoms with E-state index in [1.54, 1.807) is 0 Å². The lowest BCUT2D eigenvalue weighted by Gasteiger charge is -2.23. The van der Waals surface area contributed by atoms with Crippen LogP contribution in [0.2, 0.25) is 0 Å². The second-order valence-electron chi connectivity index (χ2n) is 9.08. The molecule has 2 fully saturated rings. The first-order valence-electron chi connectivity index (χ1n) is 9.98. The summed E-state index contributed by atoms with van der Waals surface area (Å²) in [6.07, 6.45) is 10.2. The van der Waals surface area contributed by atoms with Gasteiger partial charge in [0, 0.05) is 0 Å². The maximum Gasteiger partial charge on any atom is 0.307 e. The van der Waals surface area contributed by atoms with E-state index in [-0.39, 0.29) is 24.8 Å². The molecule has 6 nitrogen and oxygen atoms in total. The van der Waals surface area contributed by atoms with E-state index < -0.39 is 11.0 Å². The molecule has 2 aliphatic rings. The van der Waals surface area contributed by atoms with Gasteiger partial charge >= 0.3 is 5.97 Å². The second kappa shape index (κ2) is 7.67. The predicted molar refractivity (Wildman–Crippen MR) is 96.3 cm³/mol. The molecule has 2 saturated carbocycles. The van der Waals surface area contributed by atoms with Crippen molar-refractivity contribution in [1.29, 1.82) is 0 Å². The quantitative estimate of drug-likeness (QED) is 0.738. The zero-order valence-corrected chi connectivity index (χ0v) is 16.3. The fourth-order valence-electron chi connectivity index (χ4n) is 4.38. The van der Waals surface area contributed by atoms with Crippen LogP contribution in [0.15, 0.2) is 4.52 Å². The Bertz CT molecular complexity index is 616. The van der Waals surface area contributed by atoms with Crippen LogP contribution in [0.4, 0.5) is 0 Å². The number of esters is 1. The number of rotatable bonds is 7. The highest BCUT2D eigenvalue weighted by Crippen LogP contribution is 2.59. The summed E-state index contributed by atoms with van der Waals surface area (Å²) in [5.41, 5.74) is -0.909. The SMILES string of the molecule is CC(C)(C)OC(=O)CC1(c2nc(CO)no2)CC1CCC1CCCCC1. The van der Waals surface area contributed by atoms with Gasteiger partial charge in [0.15, 0.2) is 5.82 Å². The molecule has 0 spiro atoms. The number of aromatic nitrogens is 2. The number of nitrogens with zero attached hydrogens (tertiary/aromatic N) is 2. The molecule has 3 rings (SSSR count). The van der Waals surface area contributed by atoms with Gasteiger partial charge in [-0.15, -0.1) is 0 Å². The molecule has 0 bridgehead atoms. The number of aliphatic hydroxyl groups excluding tert-OH is 1. The molecule has 0 radical (unpaired) electrons. The average Bonchev–Trinajstić information content (AvgIpc) is 3.04. The van der Waals surface area contributed by atoms with Gasteiger partial charge in [-0.2, -0.15) is 4.98 Å². The van der Waals surface area contributed by atoms with Crippen molar-refractivity contribution >= 4 is 5.97 Å². The third kappa shape index (κ3) is 4.64. The van der Waals surface area contributed by atoms with Crippen LogP contribution < -0.4 is 0 Å². The van der Waals surface area contributed by atoms with Crippen molar-refractivity contribution in [3.63, 3.8) is 0 Å². The van der Waals surface area contributed by atoms with E-state index in [0.29, 0.717) is 11.8 Å². The van der Waals surface area contributed by atoms with Crippen molar-refractivity contribution in [2.45, 2.75) is 96.2 Å². The van der Waals surface area contributed by atoms with Crippen LogP contribution in [-0.4, -0.2) is 26.8 Å². The predicted octanol–water partition coefficient (Wildman–Crippen LogP) is 3.91. The van der Waals surface area contributed by atoms with Crippen LogP contribution in [0.25, 0.3) is 0 Å². The zero-order valence-electron chi connectivity index (χ0n) is 16.3. The highest BCUT2D eigenvalue weighted by atomic mass is 16.6. The van der Waals surface area contributed by atoms with Gasteiger partial charge in [0.05, 0.1) is 11.8 Å². The highest BCUT2D eigenvalue weighted by molar-refractivity contribution is 5.72. The number of hydrogen-bond donors (Lipinski definition) is 1. The van der Waals surface area contributed by atoms with Crippen molar-refractivity contribution in [2.75, 3.05) is 0 Å². The first kappa shape index (κ1) is 19.3. The van der Waals surface area contributed by atoms with Crippen molar-refractivity contribution in [2.24, 2.45) is 11.8 Å². The Morgan fingerprint density at radius 3 is 2.62 bits per heavy atom. The minimum absolute atomic E-state index is 0.221. The topological polar surface area (TPSA) is 85.5 Å². The molecular formula is C20H32N2O4. The van der Waals surface area contributed by atoms with E-state index in [2.05, 4.69) is 10.1 Å². The van der Waals surface area contributed by atoms with Crippen molar-refractivity contribution in [1.82, 2.24) is 10.1 Å². The van der Waals surface area contributed by atoms with Crippen LogP contribution in [0.5, 0.6) is 0 Å². The summed E-state index contributed by atoms with van der Waals surface area (Å²) in [5.74, 6) is 1.74. The Balaban J connectivity index is 1.66. The van der Waals surface area contributed by atoms with E-state index in [0.717, 1.165) is 18.8 Å². The fourth-order valence-corrected chi connectivity index (χ4v) is 4.38. The lowest BCUT2D eigenvalue weighted by molar-refractivity contribution is -0.155. The fraction of sp³-hybridized carbons (Fsp3) is 0.850. The summed E-state index contributed by atoms with van der Waals surface area (Å²) in [6, 6.07) is 0. The van der Waals surface area contributed by atoms with Gasteiger partial charge in [0.2, 0.25) is 5.89 Å². The van der Waals surface area contributed by atoms with E-state index >= 15 is 0 Å². The van der Waals surface area contributed by atoms with Gasteiger partial charge in [-0.3, -0.25) is 4.79 Å². The van der Waals surface area contributed by atoms with Gasteiger partial charge in [-0.05, 0) is 45.4 Å². The first-order valence-corrected chi connectivity index (χ1v) is 9.98. The third-order valence-electron chi connectivity index (χ3n) is 5.80. The van der Waals surface area contributed by atoms with Gasteiger partial charge in [-0.25, -0.2) is 0 Å². The lowest BCUT2D eigenvalue weighted by Crippen LogP contribution is -2.27. The standard InChI is InChI=1S/C20H32N2O4/c1-19(2,3)25-17(24)12-20(18-21-16(13-23)22-26-18)11-15(20)10-9-14-7-5-4-6-8-14/h14-15,23H,4-13H2,1-3H3. The summed E-state index contributed by atoms with van der Waals surface area (Å²) < 4.78 is 10.9. The average molecular weight is 364 g/mol. The molecule has 2 aliphatic carbocycles. The number of ether oxygens (including phenoxy) is 1.